The van der Waals surface area contributed by atoms with E-state index in [0.717, 1.165) is 0 Å². The highest BCUT2D eigenvalue weighted by atomic mass is 19.1. The summed E-state index contributed by atoms with van der Waals surface area (Å²) in [5.74, 6) is -0.561. The fourth-order valence-electron chi connectivity index (χ4n) is 2.74. The van der Waals surface area contributed by atoms with Crippen LogP contribution in [-0.4, -0.2) is 55.1 Å². The molecule has 2 rings (SSSR count). The van der Waals surface area contributed by atoms with Crippen LogP contribution in [0.5, 0.6) is 0 Å². The number of rotatable bonds is 4. The number of para-hydroxylation sites is 1. The molecule has 0 aliphatic carbocycles. The van der Waals surface area contributed by atoms with E-state index in [0.29, 0.717) is 31.9 Å². The molecule has 1 unspecified atom stereocenters. The summed E-state index contributed by atoms with van der Waals surface area (Å²) >= 11 is 0. The average molecular weight is 336 g/mol. The Morgan fingerprint density at radius 3 is 2.29 bits per heavy atom. The zero-order valence-corrected chi connectivity index (χ0v) is 14.4. The van der Waals surface area contributed by atoms with Crippen LogP contribution in [0, 0.1) is 5.82 Å². The minimum absolute atomic E-state index is 0.0302. The number of halogens is 1. The summed E-state index contributed by atoms with van der Waals surface area (Å²) in [7, 11) is 0. The number of carbonyl (C=O) groups is 2. The van der Waals surface area contributed by atoms with Crippen LogP contribution in [-0.2, 0) is 4.79 Å². The van der Waals surface area contributed by atoms with Gasteiger partial charge in [0.05, 0.1) is 11.7 Å². The molecule has 1 atom stereocenters. The molecule has 1 aliphatic rings. The predicted molar refractivity (Wildman–Crippen MR) is 91.5 cm³/mol. The second-order valence-electron chi connectivity index (χ2n) is 6.27. The van der Waals surface area contributed by atoms with Crippen LogP contribution < -0.4 is 15.5 Å². The molecular formula is C17H25FN4O2. The first-order valence-corrected chi connectivity index (χ1v) is 8.23. The Labute approximate surface area is 142 Å². The molecule has 2 N–H and O–H groups in total. The van der Waals surface area contributed by atoms with Crippen molar-refractivity contribution in [3.8, 4) is 0 Å². The SMILES string of the molecule is CC(C)NC(=O)NC(=O)C(C)N1CCN(c2ccccc2F)CC1. The van der Waals surface area contributed by atoms with Crippen molar-refractivity contribution in [2.75, 3.05) is 31.1 Å². The zero-order chi connectivity index (χ0) is 17.7. The van der Waals surface area contributed by atoms with E-state index in [1.807, 2.05) is 29.7 Å². The molecule has 132 valence electrons. The molecular weight excluding hydrogens is 311 g/mol. The molecule has 7 heteroatoms. The molecule has 1 fully saturated rings. The third kappa shape index (κ3) is 4.67. The summed E-state index contributed by atoms with van der Waals surface area (Å²) in [6.07, 6.45) is 0. The fourth-order valence-corrected chi connectivity index (χ4v) is 2.74. The molecule has 1 saturated heterocycles. The highest BCUT2D eigenvalue weighted by Crippen LogP contribution is 2.20. The Hall–Kier alpha value is -2.15. The number of hydrogen-bond acceptors (Lipinski definition) is 4. The minimum Gasteiger partial charge on any atom is -0.367 e. The monoisotopic (exact) mass is 336 g/mol. The molecule has 1 heterocycles. The zero-order valence-electron chi connectivity index (χ0n) is 14.4. The van der Waals surface area contributed by atoms with Crippen molar-refractivity contribution >= 4 is 17.6 Å². The molecule has 24 heavy (non-hydrogen) atoms. The van der Waals surface area contributed by atoms with E-state index < -0.39 is 12.1 Å². The van der Waals surface area contributed by atoms with Gasteiger partial charge in [-0.1, -0.05) is 12.1 Å². The van der Waals surface area contributed by atoms with Gasteiger partial charge in [0, 0.05) is 32.2 Å². The number of nitrogens with zero attached hydrogens (tertiary/aromatic N) is 2. The topological polar surface area (TPSA) is 64.7 Å². The van der Waals surface area contributed by atoms with Gasteiger partial charge in [0.1, 0.15) is 5.82 Å². The predicted octanol–water partition coefficient (Wildman–Crippen LogP) is 1.57. The Bertz CT molecular complexity index is 586. The van der Waals surface area contributed by atoms with Gasteiger partial charge in [-0.2, -0.15) is 0 Å². The lowest BCUT2D eigenvalue weighted by Crippen LogP contribution is -2.56. The number of hydrogen-bond donors (Lipinski definition) is 2. The Morgan fingerprint density at radius 2 is 1.71 bits per heavy atom. The lowest BCUT2D eigenvalue weighted by molar-refractivity contribution is -0.124. The molecule has 0 aromatic heterocycles. The summed E-state index contributed by atoms with van der Waals surface area (Å²) in [5.41, 5.74) is 0.588. The molecule has 0 bridgehead atoms. The summed E-state index contributed by atoms with van der Waals surface area (Å²) in [4.78, 5) is 27.7. The van der Waals surface area contributed by atoms with Gasteiger partial charge in [0.15, 0.2) is 0 Å². The largest absolute Gasteiger partial charge is 0.367 e. The van der Waals surface area contributed by atoms with Crippen molar-refractivity contribution in [2.24, 2.45) is 0 Å². The second kappa shape index (κ2) is 8.10. The summed E-state index contributed by atoms with van der Waals surface area (Å²) in [5, 5.41) is 4.98. The van der Waals surface area contributed by atoms with Crippen molar-refractivity contribution in [2.45, 2.75) is 32.9 Å². The number of anilines is 1. The minimum atomic E-state index is -0.480. The number of amides is 3. The van der Waals surface area contributed by atoms with Crippen LogP contribution in [0.25, 0.3) is 0 Å². The number of urea groups is 1. The second-order valence-corrected chi connectivity index (χ2v) is 6.27. The van der Waals surface area contributed by atoms with Crippen LogP contribution in [0.1, 0.15) is 20.8 Å². The van der Waals surface area contributed by atoms with Crippen LogP contribution in [0.2, 0.25) is 0 Å². The summed E-state index contributed by atoms with van der Waals surface area (Å²) in [6.45, 7) is 7.97. The molecule has 3 amide bonds. The van der Waals surface area contributed by atoms with Gasteiger partial charge >= 0.3 is 6.03 Å². The first-order chi connectivity index (χ1) is 11.4. The van der Waals surface area contributed by atoms with E-state index in [-0.39, 0.29) is 17.8 Å². The van der Waals surface area contributed by atoms with E-state index in [9.17, 15) is 14.0 Å². The van der Waals surface area contributed by atoms with Gasteiger partial charge in [0.25, 0.3) is 0 Å². The smallest absolute Gasteiger partial charge is 0.321 e. The maximum Gasteiger partial charge on any atom is 0.321 e. The number of imide groups is 1. The quantitative estimate of drug-likeness (QED) is 0.876. The molecule has 1 aromatic rings. The average Bonchev–Trinajstić information content (AvgIpc) is 2.54. The van der Waals surface area contributed by atoms with Crippen molar-refractivity contribution in [1.82, 2.24) is 15.5 Å². The molecule has 0 radical (unpaired) electrons. The highest BCUT2D eigenvalue weighted by molar-refractivity contribution is 5.96. The van der Waals surface area contributed by atoms with Gasteiger partial charge in [-0.25, -0.2) is 9.18 Å². The normalized spacial score (nSPS) is 16.8. The summed E-state index contributed by atoms with van der Waals surface area (Å²) in [6, 6.07) is 5.77. The Morgan fingerprint density at radius 1 is 1.08 bits per heavy atom. The number of piperazine rings is 1. The molecule has 1 aliphatic heterocycles. The van der Waals surface area contributed by atoms with Crippen LogP contribution in [0.15, 0.2) is 24.3 Å². The van der Waals surface area contributed by atoms with Gasteiger partial charge in [-0.05, 0) is 32.9 Å². The number of carbonyl (C=O) groups excluding carboxylic acids is 2. The standard InChI is InChI=1S/C17H25FN4O2/c1-12(2)19-17(24)20-16(23)13(3)21-8-10-22(11-9-21)15-7-5-4-6-14(15)18/h4-7,12-13H,8-11H2,1-3H3,(H2,19,20,23,24). The van der Waals surface area contributed by atoms with E-state index >= 15 is 0 Å². The van der Waals surface area contributed by atoms with E-state index in [1.165, 1.54) is 6.07 Å². The van der Waals surface area contributed by atoms with Gasteiger partial charge in [-0.3, -0.25) is 15.0 Å². The first-order valence-electron chi connectivity index (χ1n) is 8.23. The van der Waals surface area contributed by atoms with E-state index in [4.69, 9.17) is 0 Å². The van der Waals surface area contributed by atoms with Crippen LogP contribution in [0.3, 0.4) is 0 Å². The third-order valence-corrected chi connectivity index (χ3v) is 4.09. The highest BCUT2D eigenvalue weighted by Gasteiger charge is 2.27. The van der Waals surface area contributed by atoms with Crippen molar-refractivity contribution in [3.63, 3.8) is 0 Å². The number of benzene rings is 1. The molecule has 6 nitrogen and oxygen atoms in total. The maximum absolute atomic E-state index is 13.8. The Balaban J connectivity index is 1.86. The van der Waals surface area contributed by atoms with Crippen molar-refractivity contribution in [3.05, 3.63) is 30.1 Å². The maximum atomic E-state index is 13.8. The summed E-state index contributed by atoms with van der Waals surface area (Å²) < 4.78 is 13.8. The lowest BCUT2D eigenvalue weighted by Gasteiger charge is -2.38. The van der Waals surface area contributed by atoms with Gasteiger partial charge in [-0.15, -0.1) is 0 Å². The van der Waals surface area contributed by atoms with E-state index in [1.54, 1.807) is 19.1 Å². The molecule has 0 spiro atoms. The Kier molecular flexibility index (Phi) is 6.14. The van der Waals surface area contributed by atoms with Gasteiger partial charge in [0.2, 0.25) is 5.91 Å². The fraction of sp³-hybridized carbons (Fsp3) is 0.529. The molecule has 0 saturated carbocycles. The third-order valence-electron chi connectivity index (χ3n) is 4.09. The first kappa shape index (κ1) is 18.2. The van der Waals surface area contributed by atoms with Gasteiger partial charge < -0.3 is 10.2 Å². The molecule has 1 aromatic carbocycles. The van der Waals surface area contributed by atoms with E-state index in [2.05, 4.69) is 10.6 Å². The lowest BCUT2D eigenvalue weighted by atomic mass is 10.2. The number of nitrogens with one attached hydrogen (secondary N) is 2. The van der Waals surface area contributed by atoms with Crippen molar-refractivity contribution in [1.29, 1.82) is 0 Å². The van der Waals surface area contributed by atoms with Crippen LogP contribution >= 0.6 is 0 Å². The van der Waals surface area contributed by atoms with Crippen LogP contribution in [0.4, 0.5) is 14.9 Å². The van der Waals surface area contributed by atoms with Crippen molar-refractivity contribution < 1.29 is 14.0 Å².